The molecule has 146 valence electrons. The van der Waals surface area contributed by atoms with Crippen molar-refractivity contribution in [2.45, 2.75) is 72.6 Å². The molecule has 0 aliphatic carbocycles. The van der Waals surface area contributed by atoms with Gasteiger partial charge in [-0.3, -0.25) is 0 Å². The smallest absolute Gasteiger partial charge is 0.339 e. The van der Waals surface area contributed by atoms with Gasteiger partial charge < -0.3 is 9.47 Å². The van der Waals surface area contributed by atoms with E-state index < -0.39 is 11.9 Å². The number of ether oxygens (including phenoxy) is 2. The third-order valence-corrected chi connectivity index (χ3v) is 4.13. The Hall–Kier alpha value is -1.84. The van der Waals surface area contributed by atoms with Crippen molar-refractivity contribution in [3.05, 3.63) is 34.9 Å². The molecule has 4 heteroatoms. The Balaban J connectivity index is 2.89. The van der Waals surface area contributed by atoms with Crippen molar-refractivity contribution < 1.29 is 19.1 Å². The molecule has 0 aliphatic heterocycles. The van der Waals surface area contributed by atoms with Crippen molar-refractivity contribution in [1.29, 1.82) is 0 Å². The van der Waals surface area contributed by atoms with Crippen LogP contribution in [0, 0.1) is 5.92 Å². The number of carbonyl (C=O) groups is 2. The molecule has 0 saturated carbocycles. The van der Waals surface area contributed by atoms with Crippen LogP contribution in [-0.2, 0) is 15.9 Å². The molecule has 1 aromatic rings. The lowest BCUT2D eigenvalue weighted by atomic mass is 9.98. The van der Waals surface area contributed by atoms with E-state index in [4.69, 9.17) is 9.47 Å². The first kappa shape index (κ1) is 22.2. The topological polar surface area (TPSA) is 52.6 Å². The maximum atomic E-state index is 12.5. The van der Waals surface area contributed by atoms with Gasteiger partial charge in [0.1, 0.15) is 0 Å². The summed E-state index contributed by atoms with van der Waals surface area (Å²) in [6.07, 6.45) is 6.70. The van der Waals surface area contributed by atoms with Gasteiger partial charge in [-0.05, 0) is 42.9 Å². The summed E-state index contributed by atoms with van der Waals surface area (Å²) in [6, 6.07) is 5.38. The van der Waals surface area contributed by atoms with Gasteiger partial charge in [0.25, 0.3) is 0 Å². The van der Waals surface area contributed by atoms with Gasteiger partial charge in [-0.2, -0.15) is 0 Å². The molecule has 0 atom stereocenters. The van der Waals surface area contributed by atoms with Gasteiger partial charge in [-0.15, -0.1) is 0 Å². The lowest BCUT2D eigenvalue weighted by Crippen LogP contribution is -2.16. The van der Waals surface area contributed by atoms with Gasteiger partial charge in [0.2, 0.25) is 0 Å². The summed E-state index contributed by atoms with van der Waals surface area (Å²) in [5.41, 5.74) is 1.65. The van der Waals surface area contributed by atoms with Crippen LogP contribution in [-0.4, -0.2) is 25.2 Å². The number of hydrogen-bond donors (Lipinski definition) is 0. The summed E-state index contributed by atoms with van der Waals surface area (Å²) >= 11 is 0. The number of hydrogen-bond acceptors (Lipinski definition) is 4. The largest absolute Gasteiger partial charge is 0.462 e. The monoisotopic (exact) mass is 362 g/mol. The minimum absolute atomic E-state index is 0.300. The SMILES string of the molecule is CCCCCOC(=O)c1ccc(CC(C)C)cc1C(=O)OCCCCC. The highest BCUT2D eigenvalue weighted by molar-refractivity contribution is 6.03. The highest BCUT2D eigenvalue weighted by Crippen LogP contribution is 2.18. The average Bonchev–Trinajstić information content (AvgIpc) is 2.61. The van der Waals surface area contributed by atoms with Crippen LogP contribution in [0.5, 0.6) is 0 Å². The van der Waals surface area contributed by atoms with E-state index in [0.29, 0.717) is 30.3 Å². The molecule has 0 aliphatic rings. The Bertz CT molecular complexity index is 563. The minimum atomic E-state index is -0.447. The number of rotatable bonds is 12. The summed E-state index contributed by atoms with van der Waals surface area (Å²) < 4.78 is 10.7. The maximum absolute atomic E-state index is 12.5. The first-order chi connectivity index (χ1) is 12.5. The third kappa shape index (κ3) is 8.03. The lowest BCUT2D eigenvalue weighted by Gasteiger charge is -2.13. The minimum Gasteiger partial charge on any atom is -0.462 e. The Labute approximate surface area is 158 Å². The van der Waals surface area contributed by atoms with E-state index in [0.717, 1.165) is 50.5 Å². The summed E-state index contributed by atoms with van der Waals surface area (Å²) in [4.78, 5) is 24.9. The van der Waals surface area contributed by atoms with Gasteiger partial charge >= 0.3 is 11.9 Å². The standard InChI is InChI=1S/C22H34O4/c1-5-7-9-13-25-21(23)19-12-11-18(15-17(3)4)16-20(19)22(24)26-14-10-8-6-2/h11-12,16-17H,5-10,13-15H2,1-4H3. The summed E-state index contributed by atoms with van der Waals surface area (Å²) in [5, 5.41) is 0. The molecule has 0 unspecified atom stereocenters. The third-order valence-electron chi connectivity index (χ3n) is 4.13. The highest BCUT2D eigenvalue weighted by atomic mass is 16.5. The Kier molecular flexibility index (Phi) is 10.7. The van der Waals surface area contributed by atoms with Gasteiger partial charge in [0, 0.05) is 0 Å². The Morgan fingerprint density at radius 1 is 0.846 bits per heavy atom. The zero-order chi connectivity index (χ0) is 19.4. The second-order valence-corrected chi connectivity index (χ2v) is 7.16. The van der Waals surface area contributed by atoms with Gasteiger partial charge in [0.05, 0.1) is 24.3 Å². The second-order valence-electron chi connectivity index (χ2n) is 7.16. The fourth-order valence-electron chi connectivity index (χ4n) is 2.73. The number of carbonyl (C=O) groups excluding carboxylic acids is 2. The van der Waals surface area contributed by atoms with E-state index in [1.54, 1.807) is 12.1 Å². The van der Waals surface area contributed by atoms with Crippen LogP contribution < -0.4 is 0 Å². The van der Waals surface area contributed by atoms with Gasteiger partial charge in [-0.1, -0.05) is 59.4 Å². The van der Waals surface area contributed by atoms with Crippen LogP contribution in [0.3, 0.4) is 0 Å². The van der Waals surface area contributed by atoms with Crippen molar-refractivity contribution in [2.24, 2.45) is 5.92 Å². The zero-order valence-corrected chi connectivity index (χ0v) is 16.8. The predicted molar refractivity (Wildman–Crippen MR) is 105 cm³/mol. The van der Waals surface area contributed by atoms with Crippen LogP contribution in [0.4, 0.5) is 0 Å². The number of unbranched alkanes of at least 4 members (excludes halogenated alkanes) is 4. The molecule has 1 rings (SSSR count). The van der Waals surface area contributed by atoms with Crippen molar-refractivity contribution in [1.82, 2.24) is 0 Å². The van der Waals surface area contributed by atoms with Crippen molar-refractivity contribution >= 4 is 11.9 Å². The highest BCUT2D eigenvalue weighted by Gasteiger charge is 2.20. The van der Waals surface area contributed by atoms with Crippen molar-refractivity contribution in [3.63, 3.8) is 0 Å². The molecule has 1 aromatic carbocycles. The molecular formula is C22H34O4. The molecule has 4 nitrogen and oxygen atoms in total. The Morgan fingerprint density at radius 3 is 1.88 bits per heavy atom. The summed E-state index contributed by atoms with van der Waals surface area (Å²) in [7, 11) is 0. The van der Waals surface area contributed by atoms with Crippen LogP contribution >= 0.6 is 0 Å². The molecule has 0 spiro atoms. The first-order valence-corrected chi connectivity index (χ1v) is 9.96. The van der Waals surface area contributed by atoms with Crippen LogP contribution in [0.25, 0.3) is 0 Å². The van der Waals surface area contributed by atoms with E-state index >= 15 is 0 Å². The quantitative estimate of drug-likeness (QED) is 0.360. The van der Waals surface area contributed by atoms with Crippen LogP contribution in [0.15, 0.2) is 18.2 Å². The summed E-state index contributed by atoms with van der Waals surface area (Å²) in [6.45, 7) is 9.21. The average molecular weight is 363 g/mol. The summed E-state index contributed by atoms with van der Waals surface area (Å²) in [5.74, 6) is -0.416. The molecule has 0 amide bonds. The molecule has 0 bridgehead atoms. The molecule has 0 N–H and O–H groups in total. The van der Waals surface area contributed by atoms with Crippen LogP contribution in [0.1, 0.15) is 92.5 Å². The molecule has 26 heavy (non-hydrogen) atoms. The second kappa shape index (κ2) is 12.5. The van der Waals surface area contributed by atoms with E-state index in [-0.39, 0.29) is 0 Å². The Morgan fingerprint density at radius 2 is 1.38 bits per heavy atom. The maximum Gasteiger partial charge on any atom is 0.339 e. The fourth-order valence-corrected chi connectivity index (χ4v) is 2.73. The normalized spacial score (nSPS) is 10.8. The number of benzene rings is 1. The molecular weight excluding hydrogens is 328 g/mol. The van der Waals surface area contributed by atoms with E-state index in [9.17, 15) is 9.59 Å². The fraction of sp³-hybridized carbons (Fsp3) is 0.636. The van der Waals surface area contributed by atoms with E-state index in [1.165, 1.54) is 0 Å². The zero-order valence-electron chi connectivity index (χ0n) is 16.8. The molecule has 0 radical (unpaired) electrons. The first-order valence-electron chi connectivity index (χ1n) is 9.96. The van der Waals surface area contributed by atoms with Crippen LogP contribution in [0.2, 0.25) is 0 Å². The molecule has 0 aromatic heterocycles. The number of esters is 2. The van der Waals surface area contributed by atoms with E-state index in [1.807, 2.05) is 6.07 Å². The predicted octanol–water partition coefficient (Wildman–Crippen LogP) is 5.58. The molecule has 0 fully saturated rings. The van der Waals surface area contributed by atoms with Gasteiger partial charge in [0.15, 0.2) is 0 Å². The van der Waals surface area contributed by atoms with Crippen molar-refractivity contribution in [3.8, 4) is 0 Å². The van der Waals surface area contributed by atoms with Crippen molar-refractivity contribution in [2.75, 3.05) is 13.2 Å². The van der Waals surface area contributed by atoms with Gasteiger partial charge in [-0.25, -0.2) is 9.59 Å². The van der Waals surface area contributed by atoms with E-state index in [2.05, 4.69) is 27.7 Å². The molecule has 0 saturated heterocycles. The molecule has 0 heterocycles. The lowest BCUT2D eigenvalue weighted by molar-refractivity contribution is 0.0451.